The third-order valence-corrected chi connectivity index (χ3v) is 1.54. The smallest absolute Gasteiger partial charge is 0.279 e. The molecule has 0 N–H and O–H groups in total. The van der Waals surface area contributed by atoms with Gasteiger partial charge in [-0.3, -0.25) is 0 Å². The molecule has 0 aliphatic heterocycles. The number of aldehydes is 1. The minimum absolute atomic E-state index is 0.114. The molecular formula is C9H8F2O. The second-order valence-electron chi connectivity index (χ2n) is 2.44. The molecule has 0 saturated heterocycles. The Morgan fingerprint density at radius 1 is 1.25 bits per heavy atom. The predicted molar refractivity (Wildman–Crippen MR) is 41.0 cm³/mol. The SMILES string of the molecule is O=CCC(F)(F)c1ccccc1. The second kappa shape index (κ2) is 3.43. The maximum Gasteiger partial charge on any atom is 0.279 e. The Bertz CT molecular complexity index is 256. The minimum Gasteiger partial charge on any atom is -0.303 e. The summed E-state index contributed by atoms with van der Waals surface area (Å²) in [6.07, 6.45) is -0.524. The largest absolute Gasteiger partial charge is 0.303 e. The second-order valence-corrected chi connectivity index (χ2v) is 2.44. The van der Waals surface area contributed by atoms with E-state index in [0.29, 0.717) is 0 Å². The first kappa shape index (κ1) is 8.84. The maximum absolute atomic E-state index is 12.9. The monoisotopic (exact) mass is 170 g/mol. The molecule has 0 spiro atoms. The Balaban J connectivity index is 2.89. The number of rotatable bonds is 3. The summed E-state index contributed by atoms with van der Waals surface area (Å²) in [5.74, 6) is -3.02. The van der Waals surface area contributed by atoms with Gasteiger partial charge in [-0.2, -0.15) is 0 Å². The molecule has 0 heterocycles. The van der Waals surface area contributed by atoms with Crippen LogP contribution in [0, 0.1) is 0 Å². The van der Waals surface area contributed by atoms with Crippen LogP contribution < -0.4 is 0 Å². The molecule has 0 fully saturated rings. The molecule has 1 rings (SSSR count). The van der Waals surface area contributed by atoms with E-state index in [4.69, 9.17) is 0 Å². The van der Waals surface area contributed by atoms with Crippen molar-refractivity contribution in [2.75, 3.05) is 0 Å². The molecule has 0 aromatic heterocycles. The third kappa shape index (κ3) is 1.87. The van der Waals surface area contributed by atoms with Crippen molar-refractivity contribution in [3.63, 3.8) is 0 Å². The number of carbonyl (C=O) groups excluding carboxylic acids is 1. The van der Waals surface area contributed by atoms with Crippen molar-refractivity contribution in [2.45, 2.75) is 12.3 Å². The molecule has 0 amide bonds. The lowest BCUT2D eigenvalue weighted by Gasteiger charge is -2.12. The fourth-order valence-corrected chi connectivity index (χ4v) is 0.905. The first-order valence-electron chi connectivity index (χ1n) is 3.54. The lowest BCUT2D eigenvalue weighted by Crippen LogP contribution is -2.13. The van der Waals surface area contributed by atoms with Crippen LogP contribution in [0.1, 0.15) is 12.0 Å². The molecule has 64 valence electrons. The van der Waals surface area contributed by atoms with Gasteiger partial charge in [0.25, 0.3) is 5.92 Å². The average molecular weight is 170 g/mol. The summed E-state index contributed by atoms with van der Waals surface area (Å²) in [5, 5.41) is 0. The first-order valence-corrected chi connectivity index (χ1v) is 3.54. The van der Waals surface area contributed by atoms with Crippen molar-refractivity contribution in [2.24, 2.45) is 0 Å². The topological polar surface area (TPSA) is 17.1 Å². The van der Waals surface area contributed by atoms with Crippen LogP contribution in [0.5, 0.6) is 0 Å². The van der Waals surface area contributed by atoms with E-state index in [9.17, 15) is 13.6 Å². The normalized spacial score (nSPS) is 11.2. The Labute approximate surface area is 69.0 Å². The zero-order valence-corrected chi connectivity index (χ0v) is 6.34. The summed E-state index contributed by atoms with van der Waals surface area (Å²) >= 11 is 0. The van der Waals surface area contributed by atoms with E-state index in [1.54, 1.807) is 6.07 Å². The van der Waals surface area contributed by atoms with E-state index in [1.807, 2.05) is 0 Å². The molecule has 1 nitrogen and oxygen atoms in total. The van der Waals surface area contributed by atoms with Crippen molar-refractivity contribution in [1.82, 2.24) is 0 Å². The van der Waals surface area contributed by atoms with E-state index >= 15 is 0 Å². The Hall–Kier alpha value is -1.25. The van der Waals surface area contributed by atoms with Crippen molar-refractivity contribution in [3.05, 3.63) is 35.9 Å². The molecular weight excluding hydrogens is 162 g/mol. The molecule has 0 aliphatic rings. The number of halogens is 2. The highest BCUT2D eigenvalue weighted by Gasteiger charge is 2.30. The summed E-state index contributed by atoms with van der Waals surface area (Å²) in [7, 11) is 0. The molecule has 12 heavy (non-hydrogen) atoms. The summed E-state index contributed by atoms with van der Waals surface area (Å²) in [6.45, 7) is 0. The molecule has 0 radical (unpaired) electrons. The van der Waals surface area contributed by atoms with Crippen LogP contribution in [-0.2, 0) is 10.7 Å². The summed E-state index contributed by atoms with van der Waals surface area (Å²) in [5.41, 5.74) is -0.114. The van der Waals surface area contributed by atoms with Gasteiger partial charge in [-0.1, -0.05) is 30.3 Å². The molecule has 3 heteroatoms. The quantitative estimate of drug-likeness (QED) is 0.636. The summed E-state index contributed by atoms with van der Waals surface area (Å²) in [6, 6.07) is 7.32. The number of hydrogen-bond acceptors (Lipinski definition) is 1. The average Bonchev–Trinajstić information content (AvgIpc) is 2.06. The van der Waals surface area contributed by atoms with E-state index < -0.39 is 12.3 Å². The Morgan fingerprint density at radius 3 is 2.33 bits per heavy atom. The van der Waals surface area contributed by atoms with Gasteiger partial charge in [0.05, 0.1) is 6.42 Å². The Morgan fingerprint density at radius 2 is 1.83 bits per heavy atom. The van der Waals surface area contributed by atoms with Crippen LogP contribution in [0.25, 0.3) is 0 Å². The van der Waals surface area contributed by atoms with Crippen molar-refractivity contribution < 1.29 is 13.6 Å². The zero-order chi connectivity index (χ0) is 9.03. The fraction of sp³-hybridized carbons (Fsp3) is 0.222. The number of hydrogen-bond donors (Lipinski definition) is 0. The molecule has 1 aromatic rings. The standard InChI is InChI=1S/C9H8F2O/c10-9(11,6-7-12)8-4-2-1-3-5-8/h1-5,7H,6H2. The van der Waals surface area contributed by atoms with E-state index in [2.05, 4.69) is 0 Å². The van der Waals surface area contributed by atoms with Gasteiger partial charge in [-0.15, -0.1) is 0 Å². The van der Waals surface area contributed by atoms with Gasteiger partial charge in [-0.05, 0) is 0 Å². The van der Waals surface area contributed by atoms with Crippen LogP contribution in [-0.4, -0.2) is 6.29 Å². The van der Waals surface area contributed by atoms with Crippen molar-refractivity contribution in [3.8, 4) is 0 Å². The van der Waals surface area contributed by atoms with Gasteiger partial charge in [0.2, 0.25) is 0 Å². The minimum atomic E-state index is -3.02. The maximum atomic E-state index is 12.9. The molecule has 0 saturated carbocycles. The molecule has 0 bridgehead atoms. The van der Waals surface area contributed by atoms with Crippen LogP contribution in [0.3, 0.4) is 0 Å². The number of carbonyl (C=O) groups is 1. The van der Waals surface area contributed by atoms with Gasteiger partial charge < -0.3 is 4.79 Å². The predicted octanol–water partition coefficient (Wildman–Crippen LogP) is 2.37. The van der Waals surface area contributed by atoms with E-state index in [1.165, 1.54) is 24.3 Å². The zero-order valence-electron chi connectivity index (χ0n) is 6.34. The fourth-order valence-electron chi connectivity index (χ4n) is 0.905. The molecule has 0 aliphatic carbocycles. The first-order chi connectivity index (χ1) is 5.67. The van der Waals surface area contributed by atoms with Crippen LogP contribution in [0.4, 0.5) is 8.78 Å². The van der Waals surface area contributed by atoms with Crippen LogP contribution in [0.15, 0.2) is 30.3 Å². The van der Waals surface area contributed by atoms with Crippen molar-refractivity contribution in [1.29, 1.82) is 0 Å². The van der Waals surface area contributed by atoms with Gasteiger partial charge >= 0.3 is 0 Å². The third-order valence-electron chi connectivity index (χ3n) is 1.54. The highest BCUT2D eigenvalue weighted by atomic mass is 19.3. The highest BCUT2D eigenvalue weighted by molar-refractivity contribution is 5.51. The summed E-state index contributed by atoms with van der Waals surface area (Å²) in [4.78, 5) is 9.91. The lowest BCUT2D eigenvalue weighted by molar-refractivity contribution is -0.115. The van der Waals surface area contributed by atoms with Gasteiger partial charge in [0.1, 0.15) is 6.29 Å². The molecule has 0 unspecified atom stereocenters. The van der Waals surface area contributed by atoms with E-state index in [-0.39, 0.29) is 11.8 Å². The van der Waals surface area contributed by atoms with Gasteiger partial charge in [0, 0.05) is 5.56 Å². The molecule has 0 atom stereocenters. The number of alkyl halides is 2. The number of benzene rings is 1. The lowest BCUT2D eigenvalue weighted by atomic mass is 10.1. The van der Waals surface area contributed by atoms with E-state index in [0.717, 1.165) is 0 Å². The molecule has 1 aromatic carbocycles. The van der Waals surface area contributed by atoms with Crippen LogP contribution >= 0.6 is 0 Å². The highest BCUT2D eigenvalue weighted by Crippen LogP contribution is 2.29. The Kier molecular flexibility index (Phi) is 2.53. The van der Waals surface area contributed by atoms with Crippen molar-refractivity contribution >= 4 is 6.29 Å². The summed E-state index contributed by atoms with van der Waals surface area (Å²) < 4.78 is 25.9. The van der Waals surface area contributed by atoms with Gasteiger partial charge in [0.15, 0.2) is 0 Å². The van der Waals surface area contributed by atoms with Crippen LogP contribution in [0.2, 0.25) is 0 Å². The van der Waals surface area contributed by atoms with Gasteiger partial charge in [-0.25, -0.2) is 8.78 Å².